The number of nitrogens with zero attached hydrogens (tertiary/aromatic N) is 2. The summed E-state index contributed by atoms with van der Waals surface area (Å²) >= 11 is 19.9. The molecule has 2 heterocycles. The molecule has 1 aromatic heterocycles. The molecule has 0 atom stereocenters. The second-order valence-corrected chi connectivity index (χ2v) is 10.1. The zero-order chi connectivity index (χ0) is 24.1. The maximum Gasteiger partial charge on any atom is 0.341 e. The monoisotopic (exact) mass is 533 g/mol. The van der Waals surface area contributed by atoms with Crippen LogP contribution in [0.3, 0.4) is 0 Å². The van der Waals surface area contributed by atoms with Gasteiger partial charge in [-0.25, -0.2) is 4.79 Å². The molecule has 2 aromatic carbocycles. The number of thiophene rings is 1. The van der Waals surface area contributed by atoms with Gasteiger partial charge in [0, 0.05) is 53.2 Å². The van der Waals surface area contributed by atoms with Crippen molar-refractivity contribution in [2.45, 2.75) is 13.5 Å². The number of anilines is 1. The second-order valence-electron chi connectivity index (χ2n) is 7.83. The van der Waals surface area contributed by atoms with Gasteiger partial charge in [0.2, 0.25) is 0 Å². The quantitative estimate of drug-likeness (QED) is 0.291. The molecule has 4 rings (SSSR count). The van der Waals surface area contributed by atoms with Crippen molar-refractivity contribution in [1.82, 2.24) is 9.80 Å². The fourth-order valence-electron chi connectivity index (χ4n) is 3.78. The number of benzene rings is 2. The summed E-state index contributed by atoms with van der Waals surface area (Å²) in [5.41, 5.74) is 2.50. The molecule has 0 unspecified atom stereocenters. The summed E-state index contributed by atoms with van der Waals surface area (Å²) in [7, 11) is 0. The van der Waals surface area contributed by atoms with Crippen LogP contribution in [0.1, 0.15) is 22.8 Å². The first kappa shape index (κ1) is 24.9. The Labute approximate surface area is 219 Å². The third-order valence-electron chi connectivity index (χ3n) is 5.61. The summed E-state index contributed by atoms with van der Waals surface area (Å²) in [5.74, 6) is -0.354. The highest BCUT2D eigenvalue weighted by Crippen LogP contribution is 2.36. The summed E-state index contributed by atoms with van der Waals surface area (Å²) in [4.78, 5) is 18.0. The molecule has 9 heteroatoms. The number of piperazine rings is 1. The molecular weight excluding hydrogens is 509 g/mol. The van der Waals surface area contributed by atoms with Gasteiger partial charge in [0.25, 0.3) is 0 Å². The van der Waals surface area contributed by atoms with E-state index in [1.165, 1.54) is 11.3 Å². The molecule has 34 heavy (non-hydrogen) atoms. The Morgan fingerprint density at radius 1 is 1.06 bits per heavy atom. The Hall–Kier alpha value is -2.16. The number of esters is 1. The molecule has 178 valence electrons. The number of rotatable bonds is 6. The molecule has 3 aromatic rings. The average molecular weight is 535 g/mol. The number of hydrogen-bond acceptors (Lipinski definition) is 5. The first-order valence-electron chi connectivity index (χ1n) is 11.0. The lowest BCUT2D eigenvalue weighted by molar-refractivity contribution is 0.0528. The average Bonchev–Trinajstić information content (AvgIpc) is 3.26. The van der Waals surface area contributed by atoms with Gasteiger partial charge in [-0.1, -0.05) is 59.6 Å². The highest BCUT2D eigenvalue weighted by Gasteiger charge is 2.23. The van der Waals surface area contributed by atoms with Crippen molar-refractivity contribution < 1.29 is 9.53 Å². The number of nitrogens with one attached hydrogen (secondary N) is 1. The van der Waals surface area contributed by atoms with E-state index >= 15 is 0 Å². The topological polar surface area (TPSA) is 44.8 Å². The normalized spacial score (nSPS) is 14.1. The molecular formula is C25H25Cl2N3O2S2. The van der Waals surface area contributed by atoms with E-state index in [4.69, 9.17) is 40.2 Å². The zero-order valence-corrected chi connectivity index (χ0v) is 21.9. The Morgan fingerprint density at radius 3 is 2.38 bits per heavy atom. The van der Waals surface area contributed by atoms with Crippen molar-refractivity contribution in [3.63, 3.8) is 0 Å². The van der Waals surface area contributed by atoms with Crippen molar-refractivity contribution in [2.24, 2.45) is 0 Å². The largest absolute Gasteiger partial charge is 0.462 e. The van der Waals surface area contributed by atoms with E-state index < -0.39 is 0 Å². The number of carbonyl (C=O) groups is 1. The van der Waals surface area contributed by atoms with Gasteiger partial charge in [-0.15, -0.1) is 11.3 Å². The number of thiocarbonyl (C=S) groups is 1. The van der Waals surface area contributed by atoms with Crippen LogP contribution in [0, 0.1) is 0 Å². The van der Waals surface area contributed by atoms with E-state index in [-0.39, 0.29) is 5.97 Å². The van der Waals surface area contributed by atoms with Crippen molar-refractivity contribution in [3.8, 4) is 10.4 Å². The van der Waals surface area contributed by atoms with Crippen LogP contribution >= 0.6 is 46.8 Å². The molecule has 1 saturated heterocycles. The Kier molecular flexibility index (Phi) is 8.45. The summed E-state index contributed by atoms with van der Waals surface area (Å²) in [6.07, 6.45) is 0. The molecule has 0 saturated carbocycles. The predicted molar refractivity (Wildman–Crippen MR) is 145 cm³/mol. The highest BCUT2D eigenvalue weighted by atomic mass is 35.5. The van der Waals surface area contributed by atoms with Crippen LogP contribution in [0.2, 0.25) is 10.0 Å². The molecule has 5 nitrogen and oxygen atoms in total. The van der Waals surface area contributed by atoms with E-state index in [9.17, 15) is 4.79 Å². The van der Waals surface area contributed by atoms with Crippen LogP contribution in [-0.2, 0) is 11.3 Å². The lowest BCUT2D eigenvalue weighted by atomic mass is 10.1. The number of carbonyl (C=O) groups excluding carboxylic acids is 1. The van der Waals surface area contributed by atoms with Crippen molar-refractivity contribution in [3.05, 3.63) is 75.8 Å². The van der Waals surface area contributed by atoms with Crippen molar-refractivity contribution >= 4 is 62.8 Å². The number of hydrogen-bond donors (Lipinski definition) is 1. The van der Waals surface area contributed by atoms with Gasteiger partial charge < -0.3 is 15.0 Å². The molecule has 0 bridgehead atoms. The van der Waals surface area contributed by atoms with Crippen LogP contribution in [0.15, 0.2) is 54.6 Å². The zero-order valence-electron chi connectivity index (χ0n) is 18.7. The fraction of sp³-hybridized carbons (Fsp3) is 0.280. The molecule has 0 aliphatic carbocycles. The summed E-state index contributed by atoms with van der Waals surface area (Å²) in [6, 6.07) is 17.4. The van der Waals surface area contributed by atoms with E-state index in [1.54, 1.807) is 6.92 Å². The summed E-state index contributed by atoms with van der Waals surface area (Å²) in [6.45, 7) is 6.00. The van der Waals surface area contributed by atoms with Gasteiger partial charge in [-0.3, -0.25) is 4.90 Å². The summed E-state index contributed by atoms with van der Waals surface area (Å²) < 4.78 is 5.28. The molecule has 1 N–H and O–H groups in total. The maximum atomic E-state index is 12.6. The third-order valence-corrected chi connectivity index (χ3v) is 7.78. The minimum absolute atomic E-state index is 0.316. The lowest BCUT2D eigenvalue weighted by Gasteiger charge is -2.36. The van der Waals surface area contributed by atoms with E-state index in [1.807, 2.05) is 54.6 Å². The summed E-state index contributed by atoms with van der Waals surface area (Å²) in [5, 5.41) is 5.98. The number of halogens is 2. The standard InChI is InChI=1S/C25H25Cl2N3O2S2/c1-2-32-24(31)18-15-22(17-7-4-3-5-8-17)34-23(18)28-25(33)30-13-11-29(12-14-30)16-19-20(26)9-6-10-21(19)27/h3-10,15H,2,11-14,16H2,1H3,(H,28,33). The molecule has 0 spiro atoms. The molecule has 0 amide bonds. The fourth-order valence-corrected chi connectivity index (χ4v) is 5.70. The minimum Gasteiger partial charge on any atom is -0.462 e. The molecule has 1 aliphatic heterocycles. The lowest BCUT2D eigenvalue weighted by Crippen LogP contribution is -2.49. The van der Waals surface area contributed by atoms with Crippen LogP contribution in [0.4, 0.5) is 5.00 Å². The van der Waals surface area contributed by atoms with Gasteiger partial charge in [-0.2, -0.15) is 0 Å². The molecule has 0 radical (unpaired) electrons. The van der Waals surface area contributed by atoms with Crippen LogP contribution < -0.4 is 5.32 Å². The first-order chi connectivity index (χ1) is 16.5. The van der Waals surface area contributed by atoms with E-state index in [0.29, 0.717) is 38.9 Å². The van der Waals surface area contributed by atoms with Gasteiger partial charge in [0.05, 0.1) is 12.2 Å². The highest BCUT2D eigenvalue weighted by molar-refractivity contribution is 7.80. The first-order valence-corrected chi connectivity index (χ1v) is 13.0. The van der Waals surface area contributed by atoms with Crippen molar-refractivity contribution in [2.75, 3.05) is 38.1 Å². The smallest absolute Gasteiger partial charge is 0.341 e. The van der Waals surface area contributed by atoms with Crippen LogP contribution in [0.5, 0.6) is 0 Å². The van der Waals surface area contributed by atoms with E-state index in [0.717, 1.165) is 42.2 Å². The predicted octanol–water partition coefficient (Wildman–Crippen LogP) is 6.41. The van der Waals surface area contributed by atoms with Crippen LogP contribution in [-0.4, -0.2) is 53.7 Å². The van der Waals surface area contributed by atoms with Gasteiger partial charge in [-0.05, 0) is 42.9 Å². The van der Waals surface area contributed by atoms with Crippen molar-refractivity contribution in [1.29, 1.82) is 0 Å². The number of ether oxygens (including phenoxy) is 1. The van der Waals surface area contributed by atoms with Crippen LogP contribution in [0.25, 0.3) is 10.4 Å². The minimum atomic E-state index is -0.354. The molecule has 1 aliphatic rings. The maximum absolute atomic E-state index is 12.6. The van der Waals surface area contributed by atoms with E-state index in [2.05, 4.69) is 15.1 Å². The second kappa shape index (κ2) is 11.5. The molecule has 1 fully saturated rings. The Balaban J connectivity index is 1.42. The third kappa shape index (κ3) is 5.90. The van der Waals surface area contributed by atoms with Gasteiger partial charge >= 0.3 is 5.97 Å². The van der Waals surface area contributed by atoms with Gasteiger partial charge in [0.1, 0.15) is 5.00 Å². The Morgan fingerprint density at radius 2 is 1.74 bits per heavy atom. The SMILES string of the molecule is CCOC(=O)c1cc(-c2ccccc2)sc1NC(=S)N1CCN(Cc2c(Cl)cccc2Cl)CC1. The Bertz CT molecular complexity index is 1140. The van der Waals surface area contributed by atoms with Gasteiger partial charge in [0.15, 0.2) is 5.11 Å².